The molecule has 2 aromatic carbocycles. The van der Waals surface area contributed by atoms with Crippen LogP contribution in [0.4, 0.5) is 5.69 Å². The largest absolute Gasteiger partial charge is 0.464 e. The Balaban J connectivity index is 1.35. The lowest BCUT2D eigenvalue weighted by Crippen LogP contribution is -2.21. The molecule has 1 heterocycles. The number of aryl methyl sites for hydroxylation is 3. The monoisotopic (exact) mass is 363 g/mol. The number of ether oxygens (including phenoxy) is 1. The van der Waals surface area contributed by atoms with Gasteiger partial charge in [-0.2, -0.15) is 0 Å². The van der Waals surface area contributed by atoms with Crippen LogP contribution in [0.25, 0.3) is 11.0 Å². The minimum absolute atomic E-state index is 0.0869. The first-order valence-corrected chi connectivity index (χ1v) is 9.12. The van der Waals surface area contributed by atoms with Crippen molar-refractivity contribution < 1.29 is 18.7 Å². The number of esters is 1. The van der Waals surface area contributed by atoms with Gasteiger partial charge in [0.05, 0.1) is 12.7 Å². The first-order chi connectivity index (χ1) is 13.1. The first kappa shape index (κ1) is 17.3. The molecule has 0 bridgehead atoms. The van der Waals surface area contributed by atoms with Crippen molar-refractivity contribution in [1.82, 2.24) is 0 Å². The van der Waals surface area contributed by atoms with Crippen LogP contribution in [0.3, 0.4) is 0 Å². The number of rotatable bonds is 5. The minimum atomic E-state index is -0.447. The van der Waals surface area contributed by atoms with E-state index in [0.29, 0.717) is 5.69 Å². The standard InChI is InChI=1S/C22H21NO4/c1-14-5-7-18(8-6-14)23-21(24)13-27-22(25)11-17-12-26-20-10-16-4-2-3-15(16)9-19(17)20/h5-10,12H,2-4,11,13H2,1H3,(H,23,24). The lowest BCUT2D eigenvalue weighted by Gasteiger charge is -2.07. The molecular weight excluding hydrogens is 342 g/mol. The van der Waals surface area contributed by atoms with Crippen molar-refractivity contribution in [3.05, 3.63) is 64.9 Å². The molecule has 0 saturated heterocycles. The molecule has 1 aromatic heterocycles. The molecule has 138 valence electrons. The fourth-order valence-corrected chi connectivity index (χ4v) is 3.47. The summed E-state index contributed by atoms with van der Waals surface area (Å²) in [5.41, 5.74) is 6.04. The van der Waals surface area contributed by atoms with E-state index in [2.05, 4.69) is 17.4 Å². The summed E-state index contributed by atoms with van der Waals surface area (Å²) in [6.45, 7) is 1.67. The molecule has 0 radical (unpaired) electrons. The fraction of sp³-hybridized carbons (Fsp3) is 0.273. The van der Waals surface area contributed by atoms with E-state index in [-0.39, 0.29) is 18.9 Å². The number of nitrogens with one attached hydrogen (secondary N) is 1. The molecule has 0 aliphatic heterocycles. The van der Waals surface area contributed by atoms with Gasteiger partial charge in [-0.1, -0.05) is 17.7 Å². The van der Waals surface area contributed by atoms with Gasteiger partial charge >= 0.3 is 5.97 Å². The van der Waals surface area contributed by atoms with Crippen molar-refractivity contribution in [2.45, 2.75) is 32.6 Å². The Labute approximate surface area is 157 Å². The van der Waals surface area contributed by atoms with Crippen LogP contribution in [0.2, 0.25) is 0 Å². The third kappa shape index (κ3) is 3.87. The predicted molar refractivity (Wildman–Crippen MR) is 103 cm³/mol. The molecule has 3 aromatic rings. The molecule has 0 atom stereocenters. The second-order valence-corrected chi connectivity index (χ2v) is 6.98. The van der Waals surface area contributed by atoms with E-state index in [1.807, 2.05) is 31.2 Å². The van der Waals surface area contributed by atoms with Gasteiger partial charge in [0.15, 0.2) is 6.61 Å². The summed E-state index contributed by atoms with van der Waals surface area (Å²) >= 11 is 0. The zero-order valence-corrected chi connectivity index (χ0v) is 15.2. The molecular formula is C22H21NO4. The Morgan fingerprint density at radius 3 is 2.63 bits per heavy atom. The zero-order valence-electron chi connectivity index (χ0n) is 15.2. The van der Waals surface area contributed by atoms with Crippen LogP contribution in [0, 0.1) is 6.92 Å². The highest BCUT2D eigenvalue weighted by Crippen LogP contribution is 2.30. The van der Waals surface area contributed by atoms with Crippen LogP contribution in [0.1, 0.15) is 28.7 Å². The summed E-state index contributed by atoms with van der Waals surface area (Å²) in [5, 5.41) is 3.66. The number of carbonyl (C=O) groups is 2. The Morgan fingerprint density at radius 2 is 1.85 bits per heavy atom. The molecule has 0 saturated carbocycles. The Kier molecular flexibility index (Phi) is 4.67. The number of hydrogen-bond donors (Lipinski definition) is 1. The topological polar surface area (TPSA) is 68.5 Å². The van der Waals surface area contributed by atoms with E-state index in [4.69, 9.17) is 9.15 Å². The zero-order chi connectivity index (χ0) is 18.8. The van der Waals surface area contributed by atoms with Crippen molar-refractivity contribution in [3.8, 4) is 0 Å². The molecule has 0 unspecified atom stereocenters. The normalized spacial score (nSPS) is 12.8. The van der Waals surface area contributed by atoms with Gasteiger partial charge in [-0.05, 0) is 61.6 Å². The van der Waals surface area contributed by atoms with Gasteiger partial charge in [-0.15, -0.1) is 0 Å². The van der Waals surface area contributed by atoms with Crippen molar-refractivity contribution >= 4 is 28.5 Å². The van der Waals surface area contributed by atoms with Crippen LogP contribution in [0.5, 0.6) is 0 Å². The van der Waals surface area contributed by atoms with E-state index in [0.717, 1.165) is 41.4 Å². The average Bonchev–Trinajstić information content (AvgIpc) is 3.27. The van der Waals surface area contributed by atoms with Gasteiger partial charge in [0, 0.05) is 16.6 Å². The van der Waals surface area contributed by atoms with Crippen molar-refractivity contribution in [3.63, 3.8) is 0 Å². The van der Waals surface area contributed by atoms with E-state index in [1.165, 1.54) is 11.1 Å². The highest BCUT2D eigenvalue weighted by Gasteiger charge is 2.17. The Bertz CT molecular complexity index is 1000. The van der Waals surface area contributed by atoms with Gasteiger partial charge in [0.1, 0.15) is 5.58 Å². The third-order valence-electron chi connectivity index (χ3n) is 4.90. The van der Waals surface area contributed by atoms with Crippen LogP contribution >= 0.6 is 0 Å². The van der Waals surface area contributed by atoms with E-state index in [9.17, 15) is 9.59 Å². The summed E-state index contributed by atoms with van der Waals surface area (Å²) in [4.78, 5) is 24.1. The van der Waals surface area contributed by atoms with Crippen molar-refractivity contribution in [1.29, 1.82) is 0 Å². The van der Waals surface area contributed by atoms with Crippen molar-refractivity contribution in [2.24, 2.45) is 0 Å². The number of anilines is 1. The van der Waals surface area contributed by atoms with Gasteiger partial charge in [0.25, 0.3) is 5.91 Å². The maximum Gasteiger partial charge on any atom is 0.310 e. The minimum Gasteiger partial charge on any atom is -0.464 e. The highest BCUT2D eigenvalue weighted by molar-refractivity contribution is 5.93. The number of fused-ring (bicyclic) bond motifs is 2. The summed E-state index contributed by atoms with van der Waals surface area (Å²) in [6, 6.07) is 11.6. The fourth-order valence-electron chi connectivity index (χ4n) is 3.47. The van der Waals surface area contributed by atoms with E-state index < -0.39 is 5.97 Å². The Morgan fingerprint density at radius 1 is 1.11 bits per heavy atom. The summed E-state index contributed by atoms with van der Waals surface area (Å²) in [5.74, 6) is -0.806. The molecule has 1 N–H and O–H groups in total. The average molecular weight is 363 g/mol. The van der Waals surface area contributed by atoms with E-state index in [1.54, 1.807) is 6.26 Å². The van der Waals surface area contributed by atoms with Crippen LogP contribution in [-0.2, 0) is 33.6 Å². The van der Waals surface area contributed by atoms with Crippen LogP contribution in [0.15, 0.2) is 47.1 Å². The van der Waals surface area contributed by atoms with Gasteiger partial charge in [-0.3, -0.25) is 9.59 Å². The Hall–Kier alpha value is -3.08. The van der Waals surface area contributed by atoms with Gasteiger partial charge in [-0.25, -0.2) is 0 Å². The maximum absolute atomic E-state index is 12.1. The lowest BCUT2D eigenvalue weighted by atomic mass is 10.0. The molecule has 0 fully saturated rings. The molecule has 0 spiro atoms. The molecule has 1 aliphatic rings. The summed E-state index contributed by atoms with van der Waals surface area (Å²) in [7, 11) is 0. The SMILES string of the molecule is Cc1ccc(NC(=O)COC(=O)Cc2coc3cc4c(cc23)CCC4)cc1. The number of hydrogen-bond acceptors (Lipinski definition) is 4. The molecule has 1 aliphatic carbocycles. The smallest absolute Gasteiger partial charge is 0.310 e. The molecule has 5 nitrogen and oxygen atoms in total. The first-order valence-electron chi connectivity index (χ1n) is 9.12. The van der Waals surface area contributed by atoms with Crippen molar-refractivity contribution in [2.75, 3.05) is 11.9 Å². The predicted octanol–water partition coefficient (Wildman–Crippen LogP) is 3.95. The number of carbonyl (C=O) groups excluding carboxylic acids is 2. The highest BCUT2D eigenvalue weighted by atomic mass is 16.5. The molecule has 1 amide bonds. The van der Waals surface area contributed by atoms with Gasteiger partial charge in [0.2, 0.25) is 0 Å². The molecule has 4 rings (SSSR count). The molecule has 5 heteroatoms. The van der Waals surface area contributed by atoms with Gasteiger partial charge < -0.3 is 14.5 Å². The number of furan rings is 1. The summed E-state index contributed by atoms with van der Waals surface area (Å²) < 4.78 is 10.7. The third-order valence-corrected chi connectivity index (χ3v) is 4.90. The van der Waals surface area contributed by atoms with E-state index >= 15 is 0 Å². The maximum atomic E-state index is 12.1. The number of benzene rings is 2. The summed E-state index contributed by atoms with van der Waals surface area (Å²) in [6.07, 6.45) is 5.01. The quantitative estimate of drug-likeness (QED) is 0.697. The second kappa shape index (κ2) is 7.27. The second-order valence-electron chi connectivity index (χ2n) is 6.98. The van der Waals surface area contributed by atoms with Crippen LogP contribution in [-0.4, -0.2) is 18.5 Å². The molecule has 27 heavy (non-hydrogen) atoms. The van der Waals surface area contributed by atoms with Crippen LogP contribution < -0.4 is 5.32 Å². The number of amides is 1. The lowest BCUT2D eigenvalue weighted by molar-refractivity contribution is -0.146.